The molecule has 2 N–H and O–H groups in total. The van der Waals surface area contributed by atoms with E-state index in [9.17, 15) is 32.3 Å². The number of halogens is 4. The third-order valence-corrected chi connectivity index (χ3v) is 7.52. The molecule has 0 aliphatic carbocycles. The highest BCUT2D eigenvalue weighted by Crippen LogP contribution is 2.33. The van der Waals surface area contributed by atoms with E-state index in [1.807, 2.05) is 53.7 Å². The molecular formula is C34H55F4O5P. The first-order valence-electron chi connectivity index (χ1n) is 15.2. The molecule has 2 unspecified atom stereocenters. The van der Waals surface area contributed by atoms with Crippen LogP contribution in [0, 0.1) is 0 Å². The molecule has 0 aliphatic heterocycles. The van der Waals surface area contributed by atoms with Gasteiger partial charge in [0.15, 0.2) is 0 Å². The molecule has 0 bridgehead atoms. The number of hydrogen-bond acceptors (Lipinski definition) is 5. The van der Waals surface area contributed by atoms with Crippen LogP contribution in [0.3, 0.4) is 0 Å². The van der Waals surface area contributed by atoms with Crippen molar-refractivity contribution in [2.45, 2.75) is 131 Å². The minimum absolute atomic E-state index is 0.464. The largest absolute Gasteiger partial charge is 0.383 e. The van der Waals surface area contributed by atoms with Gasteiger partial charge in [-0.15, -0.1) is 0 Å². The third-order valence-electron chi connectivity index (χ3n) is 6.76. The number of rotatable bonds is 22. The van der Waals surface area contributed by atoms with Crippen molar-refractivity contribution in [3.63, 3.8) is 0 Å². The highest BCUT2D eigenvalue weighted by Gasteiger charge is 2.40. The smallest absolute Gasteiger partial charge is 0.319 e. The highest BCUT2D eigenvalue weighted by molar-refractivity contribution is 7.33. The van der Waals surface area contributed by atoms with Crippen LogP contribution in [0.4, 0.5) is 17.6 Å². The second kappa shape index (κ2) is 21.9. The molecule has 0 aromatic carbocycles. The summed E-state index contributed by atoms with van der Waals surface area (Å²) in [6, 6.07) is 0. The van der Waals surface area contributed by atoms with Crippen LogP contribution >= 0.6 is 8.25 Å². The van der Waals surface area contributed by atoms with Crippen molar-refractivity contribution in [2.24, 2.45) is 0 Å². The average Bonchev–Trinajstić information content (AvgIpc) is 2.90. The molecule has 0 fully saturated rings. The first-order chi connectivity index (χ1) is 20.4. The normalized spacial score (nSPS) is 16.0. The maximum atomic E-state index is 14.4. The van der Waals surface area contributed by atoms with Crippen LogP contribution in [-0.2, 0) is 13.6 Å². The maximum absolute atomic E-state index is 14.4. The van der Waals surface area contributed by atoms with Gasteiger partial charge in [0.1, 0.15) is 25.4 Å². The molecule has 0 saturated carbocycles. The summed E-state index contributed by atoms with van der Waals surface area (Å²) in [6.07, 6.45) is 11.8. The minimum Gasteiger partial charge on any atom is -0.383 e. The van der Waals surface area contributed by atoms with E-state index >= 15 is 0 Å². The Hall–Kier alpha value is -1.77. The predicted molar refractivity (Wildman–Crippen MR) is 174 cm³/mol. The zero-order valence-corrected chi connectivity index (χ0v) is 28.8. The van der Waals surface area contributed by atoms with Gasteiger partial charge in [-0.3, -0.25) is 4.57 Å². The Morgan fingerprint density at radius 3 is 1.20 bits per heavy atom. The zero-order valence-electron chi connectivity index (χ0n) is 27.8. The molecule has 5 nitrogen and oxygen atoms in total. The lowest BCUT2D eigenvalue weighted by Gasteiger charge is -2.22. The van der Waals surface area contributed by atoms with Gasteiger partial charge in [0.2, 0.25) is 0 Å². The summed E-state index contributed by atoms with van der Waals surface area (Å²) in [5, 5.41) is 20.0. The molecular weight excluding hydrogens is 595 g/mol. The van der Waals surface area contributed by atoms with Crippen molar-refractivity contribution in [2.75, 3.05) is 13.2 Å². The third kappa shape index (κ3) is 21.1. The summed E-state index contributed by atoms with van der Waals surface area (Å²) in [5.41, 5.74) is 5.95. The van der Waals surface area contributed by atoms with Crippen molar-refractivity contribution >= 4 is 8.25 Å². The lowest BCUT2D eigenvalue weighted by atomic mass is 10.0. The Morgan fingerprint density at radius 1 is 0.591 bits per heavy atom. The Bertz CT molecular complexity index is 984. The predicted octanol–water partition coefficient (Wildman–Crippen LogP) is 10.2. The summed E-state index contributed by atoms with van der Waals surface area (Å²) >= 11 is 0. The zero-order chi connectivity index (χ0) is 33.9. The molecule has 254 valence electrons. The minimum atomic E-state index is -3.82. The number of aliphatic hydroxyl groups excluding tert-OH is 2. The fourth-order valence-electron chi connectivity index (χ4n) is 3.95. The van der Waals surface area contributed by atoms with E-state index in [-0.39, 0.29) is 0 Å². The summed E-state index contributed by atoms with van der Waals surface area (Å²) in [4.78, 5) is 0. The summed E-state index contributed by atoms with van der Waals surface area (Å²) in [6.45, 7) is 12.4. The molecule has 0 aliphatic rings. The van der Waals surface area contributed by atoms with E-state index in [1.165, 1.54) is 22.3 Å². The van der Waals surface area contributed by atoms with Crippen LogP contribution in [0.15, 0.2) is 69.9 Å². The molecule has 0 radical (unpaired) electrons. The lowest BCUT2D eigenvalue weighted by molar-refractivity contribution is -0.122. The van der Waals surface area contributed by atoms with Gasteiger partial charge in [0, 0.05) is 0 Å². The summed E-state index contributed by atoms with van der Waals surface area (Å²) in [7, 11) is -3.75. The summed E-state index contributed by atoms with van der Waals surface area (Å²) < 4.78 is 78.3. The quantitative estimate of drug-likeness (QED) is 0.0693. The van der Waals surface area contributed by atoms with Crippen molar-refractivity contribution in [1.82, 2.24) is 0 Å². The number of allylic oxidation sites excluding steroid dienone is 10. The average molecular weight is 651 g/mol. The van der Waals surface area contributed by atoms with Gasteiger partial charge < -0.3 is 19.3 Å². The van der Waals surface area contributed by atoms with Gasteiger partial charge in [0.05, 0.1) is 0 Å². The summed E-state index contributed by atoms with van der Waals surface area (Å²) in [5.74, 6) is -7.64. The van der Waals surface area contributed by atoms with Crippen LogP contribution in [0.5, 0.6) is 0 Å². The van der Waals surface area contributed by atoms with E-state index in [1.54, 1.807) is 13.8 Å². The van der Waals surface area contributed by atoms with Gasteiger partial charge in [0.25, 0.3) is 11.8 Å². The van der Waals surface area contributed by atoms with Crippen molar-refractivity contribution in [3.8, 4) is 0 Å². The van der Waals surface area contributed by atoms with Crippen LogP contribution in [0.1, 0.15) is 107 Å². The number of aliphatic hydroxyl groups is 2. The van der Waals surface area contributed by atoms with E-state index < -0.39 is 45.5 Å². The van der Waals surface area contributed by atoms with Gasteiger partial charge in [-0.05, 0) is 107 Å². The van der Waals surface area contributed by atoms with Crippen LogP contribution in [-0.4, -0.2) is 47.5 Å². The SMILES string of the molecule is CC(C)=CCCC(C)=CCCC(C)=CC(O)C(F)(F)CO[PH](=O)OCC(F)(F)C(O)C=C(C)CCC=C(C)CCC=C(C)C. The monoisotopic (exact) mass is 650 g/mol. The molecule has 44 heavy (non-hydrogen) atoms. The van der Waals surface area contributed by atoms with Gasteiger partial charge >= 0.3 is 8.25 Å². The Balaban J connectivity index is 4.71. The van der Waals surface area contributed by atoms with Crippen molar-refractivity contribution in [3.05, 3.63) is 69.9 Å². The Labute approximate surface area is 263 Å². The second-order valence-electron chi connectivity index (χ2n) is 12.1. The topological polar surface area (TPSA) is 76.0 Å². The van der Waals surface area contributed by atoms with E-state index in [0.717, 1.165) is 37.8 Å². The molecule has 0 rings (SSSR count). The van der Waals surface area contributed by atoms with E-state index in [0.29, 0.717) is 36.8 Å². The lowest BCUT2D eigenvalue weighted by Crippen LogP contribution is -2.37. The molecule has 0 heterocycles. The van der Waals surface area contributed by atoms with Gasteiger partial charge in [-0.25, -0.2) is 17.6 Å². The molecule has 2 atom stereocenters. The van der Waals surface area contributed by atoms with E-state index in [4.69, 9.17) is 0 Å². The fourth-order valence-corrected chi connectivity index (χ4v) is 4.65. The van der Waals surface area contributed by atoms with Crippen molar-refractivity contribution < 1.29 is 41.4 Å². The standard InChI is InChI=1S/C34H55F4O5P/c1-25(2)13-9-15-27(5)17-11-19-29(7)21-31(39)33(35,36)23-42-44(41)43-24-34(37,38)32(40)22-30(8)20-12-18-28(6)16-10-14-26(3)4/h13-14,17-18,21-22,31-32,39-40,44H,9-12,15-16,19-20,23-24H2,1-8H3. The Morgan fingerprint density at radius 2 is 0.886 bits per heavy atom. The van der Waals surface area contributed by atoms with Crippen LogP contribution < -0.4 is 0 Å². The molecule has 10 heteroatoms. The van der Waals surface area contributed by atoms with Crippen molar-refractivity contribution in [1.29, 1.82) is 0 Å². The van der Waals surface area contributed by atoms with Crippen LogP contribution in [0.2, 0.25) is 0 Å². The Kier molecular flexibility index (Phi) is 21.0. The highest BCUT2D eigenvalue weighted by atomic mass is 31.1. The first-order valence-corrected chi connectivity index (χ1v) is 16.4. The molecule has 0 aromatic rings. The van der Waals surface area contributed by atoms with E-state index in [2.05, 4.69) is 21.2 Å². The maximum Gasteiger partial charge on any atom is 0.319 e. The van der Waals surface area contributed by atoms with Gasteiger partial charge in [-0.2, -0.15) is 0 Å². The van der Waals surface area contributed by atoms with Gasteiger partial charge in [-0.1, -0.05) is 69.9 Å². The first kappa shape index (κ1) is 42.2. The molecule has 0 saturated heterocycles. The number of alkyl halides is 4. The number of hydrogen-bond donors (Lipinski definition) is 2. The second-order valence-corrected chi connectivity index (χ2v) is 13.2. The van der Waals surface area contributed by atoms with Crippen LogP contribution in [0.25, 0.3) is 0 Å². The molecule has 0 spiro atoms. The fraction of sp³-hybridized carbons (Fsp3) is 0.647. The molecule has 0 aromatic heterocycles. The molecule has 0 amide bonds.